The van der Waals surface area contributed by atoms with Crippen molar-refractivity contribution in [2.75, 3.05) is 26.3 Å². The zero-order valence-corrected chi connectivity index (χ0v) is 20.2. The van der Waals surface area contributed by atoms with Crippen molar-refractivity contribution in [2.45, 2.75) is 11.3 Å². The minimum atomic E-state index is -5.15. The van der Waals surface area contributed by atoms with Crippen LogP contribution in [-0.4, -0.2) is 61.5 Å². The largest absolute Gasteiger partial charge is 0.573 e. The summed E-state index contributed by atoms with van der Waals surface area (Å²) in [6.45, 7) is 0.216. The molecule has 10 nitrogen and oxygen atoms in total. The highest BCUT2D eigenvalue weighted by molar-refractivity contribution is 8.18. The van der Waals surface area contributed by atoms with Gasteiger partial charge in [0.05, 0.1) is 18.1 Å². The van der Waals surface area contributed by atoms with Crippen LogP contribution in [0.5, 0.6) is 5.75 Å². The quantitative estimate of drug-likeness (QED) is 0.468. The van der Waals surface area contributed by atoms with E-state index in [9.17, 15) is 31.2 Å². The Balaban J connectivity index is 1.58. The van der Waals surface area contributed by atoms with Crippen LogP contribution < -0.4 is 10.1 Å². The van der Waals surface area contributed by atoms with Gasteiger partial charge in [0, 0.05) is 42.5 Å². The van der Waals surface area contributed by atoms with Crippen LogP contribution in [0.3, 0.4) is 0 Å². The number of fused-ring (bicyclic) bond motifs is 1. The molecule has 2 saturated heterocycles. The number of sulfonamides is 1. The van der Waals surface area contributed by atoms with Gasteiger partial charge in [-0.05, 0) is 35.5 Å². The molecule has 2 fully saturated rings. The van der Waals surface area contributed by atoms with Crippen LogP contribution in [0.2, 0.25) is 0 Å². The van der Waals surface area contributed by atoms with E-state index in [-0.39, 0.29) is 53.7 Å². The zero-order chi connectivity index (χ0) is 26.4. The first-order chi connectivity index (χ1) is 17.5. The van der Waals surface area contributed by atoms with Gasteiger partial charge in [-0.1, -0.05) is 6.07 Å². The van der Waals surface area contributed by atoms with E-state index in [1.165, 1.54) is 24.5 Å². The van der Waals surface area contributed by atoms with Gasteiger partial charge in [-0.3, -0.25) is 19.9 Å². The predicted molar refractivity (Wildman–Crippen MR) is 125 cm³/mol. The van der Waals surface area contributed by atoms with Gasteiger partial charge < -0.3 is 13.9 Å². The predicted octanol–water partition coefficient (Wildman–Crippen LogP) is 3.74. The maximum Gasteiger partial charge on any atom is 0.573 e. The normalized spacial score (nSPS) is 18.5. The molecule has 2 aromatic heterocycles. The van der Waals surface area contributed by atoms with Crippen LogP contribution in [0.15, 0.2) is 50.9 Å². The van der Waals surface area contributed by atoms with Crippen molar-refractivity contribution in [3.8, 4) is 16.9 Å². The molecule has 0 radical (unpaired) electrons. The molecular formula is C22H16F3N3O7S2. The molecule has 15 heteroatoms. The van der Waals surface area contributed by atoms with Crippen LogP contribution in [0.25, 0.3) is 28.2 Å². The lowest BCUT2D eigenvalue weighted by Gasteiger charge is -2.27. The Morgan fingerprint density at radius 1 is 1.14 bits per heavy atom. The van der Waals surface area contributed by atoms with Crippen molar-refractivity contribution in [1.82, 2.24) is 14.6 Å². The minimum absolute atomic E-state index is 0.00858. The maximum absolute atomic E-state index is 13.2. The SMILES string of the molecule is O=C1NC(=O)/C(=C/c2cc3cncc(-c4ccc(S(=O)(=O)N5CCOCC5)c(OC(F)(F)F)c4)c3o2)S1. The number of nitrogens with zero attached hydrogens (tertiary/aromatic N) is 2. The summed E-state index contributed by atoms with van der Waals surface area (Å²) in [5, 5.41) is 2.05. The van der Waals surface area contributed by atoms with Crippen molar-refractivity contribution in [3.05, 3.63) is 47.3 Å². The summed E-state index contributed by atoms with van der Waals surface area (Å²) in [4.78, 5) is 26.8. The van der Waals surface area contributed by atoms with E-state index in [0.717, 1.165) is 16.4 Å². The van der Waals surface area contributed by atoms with Crippen molar-refractivity contribution < 1.29 is 45.1 Å². The number of carbonyl (C=O) groups excluding carboxylic acids is 2. The lowest BCUT2D eigenvalue weighted by atomic mass is 10.1. The Morgan fingerprint density at radius 3 is 2.57 bits per heavy atom. The van der Waals surface area contributed by atoms with Gasteiger partial charge in [-0.2, -0.15) is 4.31 Å². The maximum atomic E-state index is 13.2. The van der Waals surface area contributed by atoms with Crippen LogP contribution in [0.4, 0.5) is 18.0 Å². The highest BCUT2D eigenvalue weighted by Gasteiger charge is 2.36. The minimum Gasteiger partial charge on any atom is -0.456 e. The molecule has 0 unspecified atom stereocenters. The fraction of sp³-hybridized carbons (Fsp3) is 0.227. The van der Waals surface area contributed by atoms with E-state index in [0.29, 0.717) is 17.1 Å². The number of morpholine rings is 1. The molecule has 5 rings (SSSR count). The third-order valence-corrected chi connectivity index (χ3v) is 8.17. The molecule has 0 aliphatic carbocycles. The first kappa shape index (κ1) is 25.3. The van der Waals surface area contributed by atoms with Gasteiger partial charge in [-0.25, -0.2) is 8.42 Å². The fourth-order valence-corrected chi connectivity index (χ4v) is 5.99. The number of thioether (sulfide) groups is 1. The lowest BCUT2D eigenvalue weighted by molar-refractivity contribution is -0.275. The highest BCUT2D eigenvalue weighted by atomic mass is 32.2. The number of pyridine rings is 1. The number of aromatic nitrogens is 1. The molecule has 4 heterocycles. The van der Waals surface area contributed by atoms with E-state index in [1.54, 1.807) is 6.07 Å². The summed E-state index contributed by atoms with van der Waals surface area (Å²) in [5.74, 6) is -1.28. The Kier molecular flexibility index (Phi) is 6.47. The molecular weight excluding hydrogens is 539 g/mol. The second-order valence-corrected chi connectivity index (χ2v) is 10.8. The third-order valence-electron chi connectivity index (χ3n) is 5.43. The number of benzene rings is 1. The fourth-order valence-electron chi connectivity index (χ4n) is 3.83. The van der Waals surface area contributed by atoms with Crippen molar-refractivity contribution in [1.29, 1.82) is 0 Å². The molecule has 37 heavy (non-hydrogen) atoms. The lowest BCUT2D eigenvalue weighted by Crippen LogP contribution is -2.40. The summed E-state index contributed by atoms with van der Waals surface area (Å²) in [6, 6.07) is 4.86. The average molecular weight is 556 g/mol. The molecule has 194 valence electrons. The van der Waals surface area contributed by atoms with E-state index >= 15 is 0 Å². The number of rotatable bonds is 5. The van der Waals surface area contributed by atoms with Crippen LogP contribution in [0, 0.1) is 0 Å². The Hall–Kier alpha value is -3.40. The Bertz CT molecular complexity index is 1540. The van der Waals surface area contributed by atoms with Gasteiger partial charge in [-0.15, -0.1) is 13.2 Å². The second kappa shape index (κ2) is 9.48. The summed E-state index contributed by atoms with van der Waals surface area (Å²) in [5.41, 5.74) is 0.623. The van der Waals surface area contributed by atoms with E-state index < -0.39 is 38.2 Å². The third kappa shape index (κ3) is 5.20. The topological polar surface area (TPSA) is 128 Å². The zero-order valence-electron chi connectivity index (χ0n) is 18.6. The smallest absolute Gasteiger partial charge is 0.456 e. The number of imide groups is 1. The van der Waals surface area contributed by atoms with E-state index in [1.807, 2.05) is 0 Å². The second-order valence-electron chi connectivity index (χ2n) is 7.83. The van der Waals surface area contributed by atoms with E-state index in [4.69, 9.17) is 9.15 Å². The molecule has 2 amide bonds. The Labute approximate surface area is 211 Å². The summed E-state index contributed by atoms with van der Waals surface area (Å²) < 4.78 is 82.0. The summed E-state index contributed by atoms with van der Waals surface area (Å²) in [6.07, 6.45) is -1.02. The number of carbonyl (C=O) groups is 2. The monoisotopic (exact) mass is 555 g/mol. The molecule has 1 aromatic carbocycles. The number of alkyl halides is 3. The number of nitrogens with one attached hydrogen (secondary N) is 1. The molecule has 0 bridgehead atoms. The summed E-state index contributed by atoms with van der Waals surface area (Å²) in [7, 11) is -4.31. The first-order valence-corrected chi connectivity index (χ1v) is 12.9. The number of amides is 2. The summed E-state index contributed by atoms with van der Waals surface area (Å²) >= 11 is 0.696. The van der Waals surface area contributed by atoms with Crippen molar-refractivity contribution in [3.63, 3.8) is 0 Å². The molecule has 0 atom stereocenters. The molecule has 0 saturated carbocycles. The average Bonchev–Trinajstić information content (AvgIpc) is 3.39. The van der Waals surface area contributed by atoms with Crippen molar-refractivity contribution in [2.24, 2.45) is 0 Å². The first-order valence-electron chi connectivity index (χ1n) is 10.6. The molecule has 3 aromatic rings. The number of hydrogen-bond donors (Lipinski definition) is 1. The molecule has 0 spiro atoms. The van der Waals surface area contributed by atoms with Gasteiger partial charge in [0.25, 0.3) is 11.1 Å². The van der Waals surface area contributed by atoms with Gasteiger partial charge in [0.1, 0.15) is 22.0 Å². The van der Waals surface area contributed by atoms with Crippen molar-refractivity contribution >= 4 is 50.0 Å². The number of furan rings is 1. The standard InChI is InChI=1S/C22H16F3N3O7S2/c23-22(24,25)35-16-8-12(1-2-18(16)37(31,32)28-3-5-33-6-4-28)15-11-26-10-13-7-14(34-19(13)15)9-17-20(29)27-21(30)36-17/h1-2,7-11H,3-6H2,(H,27,29,30)/b17-9-. The van der Waals surface area contributed by atoms with E-state index in [2.05, 4.69) is 15.0 Å². The molecule has 2 aliphatic heterocycles. The highest BCUT2D eigenvalue weighted by Crippen LogP contribution is 2.38. The number of halogens is 3. The van der Waals surface area contributed by atoms with Gasteiger partial charge in [0.15, 0.2) is 0 Å². The van der Waals surface area contributed by atoms with Gasteiger partial charge in [0.2, 0.25) is 10.0 Å². The van der Waals surface area contributed by atoms with Crippen LogP contribution in [-0.2, 0) is 19.6 Å². The number of hydrogen-bond acceptors (Lipinski definition) is 9. The number of ether oxygens (including phenoxy) is 2. The Morgan fingerprint density at radius 2 is 1.89 bits per heavy atom. The molecule has 1 N–H and O–H groups in total. The molecule has 2 aliphatic rings. The van der Waals surface area contributed by atoms with Gasteiger partial charge >= 0.3 is 6.36 Å². The van der Waals surface area contributed by atoms with Crippen LogP contribution >= 0.6 is 11.8 Å². The van der Waals surface area contributed by atoms with Crippen LogP contribution in [0.1, 0.15) is 5.76 Å².